The van der Waals surface area contributed by atoms with Gasteiger partial charge in [0.2, 0.25) is 0 Å². The number of hydrazine groups is 1. The van der Waals surface area contributed by atoms with Gasteiger partial charge < -0.3 is 0 Å². The number of nitrogens with one attached hydrogen (secondary N) is 1. The van der Waals surface area contributed by atoms with Crippen LogP contribution in [0.4, 0.5) is 0 Å². The van der Waals surface area contributed by atoms with Gasteiger partial charge in [-0.1, -0.05) is 29.8 Å². The molecule has 1 heterocycles. The molecule has 0 radical (unpaired) electrons. The van der Waals surface area contributed by atoms with E-state index in [4.69, 9.17) is 5.84 Å². The van der Waals surface area contributed by atoms with Gasteiger partial charge in [0.15, 0.2) is 0 Å². The first kappa shape index (κ1) is 12.8. The molecule has 1 atom stereocenters. The Bertz CT molecular complexity index is 496. The molecule has 2 aromatic rings. The summed E-state index contributed by atoms with van der Waals surface area (Å²) in [6, 6.07) is 10.8. The summed E-state index contributed by atoms with van der Waals surface area (Å²) in [7, 11) is 0. The molecule has 0 spiro atoms. The van der Waals surface area contributed by atoms with Crippen molar-refractivity contribution < 1.29 is 0 Å². The summed E-state index contributed by atoms with van der Waals surface area (Å²) in [5, 5.41) is 2.08. The number of benzene rings is 1. The van der Waals surface area contributed by atoms with E-state index in [2.05, 4.69) is 64.0 Å². The average Bonchev–Trinajstić information content (AvgIpc) is 2.73. The SMILES string of the molecule is Cc1cccc(CC(NN)c2cc(Br)cs2)c1. The molecule has 90 valence electrons. The summed E-state index contributed by atoms with van der Waals surface area (Å²) < 4.78 is 1.11. The summed E-state index contributed by atoms with van der Waals surface area (Å²) in [6.07, 6.45) is 0.908. The first-order chi connectivity index (χ1) is 8.19. The molecule has 0 aliphatic heterocycles. The lowest BCUT2D eigenvalue weighted by Gasteiger charge is -2.14. The monoisotopic (exact) mass is 310 g/mol. The number of halogens is 1. The van der Waals surface area contributed by atoms with Crippen LogP contribution in [0, 0.1) is 6.92 Å². The van der Waals surface area contributed by atoms with Crippen LogP contribution in [0.2, 0.25) is 0 Å². The van der Waals surface area contributed by atoms with Crippen LogP contribution in [-0.4, -0.2) is 0 Å². The zero-order valence-electron chi connectivity index (χ0n) is 9.61. The third-order valence-corrected chi connectivity index (χ3v) is 4.46. The Morgan fingerprint density at radius 3 is 2.82 bits per heavy atom. The maximum atomic E-state index is 5.64. The Morgan fingerprint density at radius 2 is 2.24 bits per heavy atom. The molecule has 3 N–H and O–H groups in total. The van der Waals surface area contributed by atoms with E-state index in [-0.39, 0.29) is 6.04 Å². The number of aryl methyl sites for hydroxylation is 1. The molecule has 0 amide bonds. The molecule has 2 rings (SSSR count). The summed E-state index contributed by atoms with van der Waals surface area (Å²) in [4.78, 5) is 1.25. The van der Waals surface area contributed by atoms with E-state index in [1.807, 2.05) is 0 Å². The Balaban J connectivity index is 2.15. The lowest BCUT2D eigenvalue weighted by Crippen LogP contribution is -2.28. The fourth-order valence-corrected chi connectivity index (χ4v) is 3.33. The smallest absolute Gasteiger partial charge is 0.0593 e. The lowest BCUT2D eigenvalue weighted by atomic mass is 10.0. The molecule has 0 saturated heterocycles. The van der Waals surface area contributed by atoms with E-state index in [1.165, 1.54) is 16.0 Å². The molecule has 1 aromatic carbocycles. The van der Waals surface area contributed by atoms with Crippen molar-refractivity contribution in [1.29, 1.82) is 0 Å². The van der Waals surface area contributed by atoms with Crippen LogP contribution < -0.4 is 11.3 Å². The zero-order valence-corrected chi connectivity index (χ0v) is 12.0. The van der Waals surface area contributed by atoms with Crippen molar-refractivity contribution in [2.75, 3.05) is 0 Å². The fraction of sp³-hybridized carbons (Fsp3) is 0.231. The van der Waals surface area contributed by atoms with E-state index >= 15 is 0 Å². The van der Waals surface area contributed by atoms with Crippen LogP contribution in [0.15, 0.2) is 40.2 Å². The summed E-state index contributed by atoms with van der Waals surface area (Å²) in [6.45, 7) is 2.11. The predicted octanol–water partition coefficient (Wildman–Crippen LogP) is 3.57. The van der Waals surface area contributed by atoms with E-state index in [0.29, 0.717) is 0 Å². The van der Waals surface area contributed by atoms with Crippen molar-refractivity contribution in [1.82, 2.24) is 5.43 Å². The van der Waals surface area contributed by atoms with Gasteiger partial charge in [0.25, 0.3) is 0 Å². The maximum absolute atomic E-state index is 5.64. The number of rotatable bonds is 4. The molecule has 2 nitrogen and oxygen atoms in total. The highest BCUT2D eigenvalue weighted by molar-refractivity contribution is 9.10. The molecule has 1 unspecified atom stereocenters. The molecule has 4 heteroatoms. The van der Waals surface area contributed by atoms with Crippen LogP contribution in [0.25, 0.3) is 0 Å². The molecule has 0 saturated carbocycles. The first-order valence-corrected chi connectivity index (χ1v) is 7.12. The van der Waals surface area contributed by atoms with Crippen molar-refractivity contribution in [3.05, 3.63) is 56.2 Å². The van der Waals surface area contributed by atoms with Gasteiger partial charge in [-0.3, -0.25) is 11.3 Å². The first-order valence-electron chi connectivity index (χ1n) is 5.44. The second-order valence-corrected chi connectivity index (χ2v) is 5.94. The van der Waals surface area contributed by atoms with Gasteiger partial charge in [-0.2, -0.15) is 0 Å². The summed E-state index contributed by atoms with van der Waals surface area (Å²) >= 11 is 5.18. The van der Waals surface area contributed by atoms with Gasteiger partial charge in [0.1, 0.15) is 0 Å². The minimum Gasteiger partial charge on any atom is -0.271 e. The lowest BCUT2D eigenvalue weighted by molar-refractivity contribution is 0.560. The minimum atomic E-state index is 0.174. The van der Waals surface area contributed by atoms with Gasteiger partial charge >= 0.3 is 0 Å². The zero-order chi connectivity index (χ0) is 12.3. The summed E-state index contributed by atoms with van der Waals surface area (Å²) in [5.74, 6) is 5.64. The highest BCUT2D eigenvalue weighted by Crippen LogP contribution is 2.27. The van der Waals surface area contributed by atoms with Crippen molar-refractivity contribution >= 4 is 27.3 Å². The van der Waals surface area contributed by atoms with E-state index in [9.17, 15) is 0 Å². The highest BCUT2D eigenvalue weighted by atomic mass is 79.9. The third kappa shape index (κ3) is 3.39. The quantitative estimate of drug-likeness (QED) is 0.669. The van der Waals surface area contributed by atoms with Crippen LogP contribution in [0.3, 0.4) is 0 Å². The Kier molecular flexibility index (Phi) is 4.34. The molecule has 1 aromatic heterocycles. The maximum Gasteiger partial charge on any atom is 0.0593 e. The van der Waals surface area contributed by atoms with E-state index in [1.54, 1.807) is 11.3 Å². The standard InChI is InChI=1S/C13H15BrN2S/c1-9-3-2-4-10(5-9)6-12(16-15)13-7-11(14)8-17-13/h2-5,7-8,12,16H,6,15H2,1H3. The van der Waals surface area contributed by atoms with E-state index in [0.717, 1.165) is 10.9 Å². The molecular formula is C13H15BrN2S. The van der Waals surface area contributed by atoms with Gasteiger partial charge in [-0.05, 0) is 40.9 Å². The van der Waals surface area contributed by atoms with Crippen molar-refractivity contribution in [2.45, 2.75) is 19.4 Å². The van der Waals surface area contributed by atoms with Crippen molar-refractivity contribution in [3.63, 3.8) is 0 Å². The number of hydrogen-bond acceptors (Lipinski definition) is 3. The van der Waals surface area contributed by atoms with Crippen molar-refractivity contribution in [3.8, 4) is 0 Å². The highest BCUT2D eigenvalue weighted by Gasteiger charge is 2.12. The van der Waals surface area contributed by atoms with E-state index < -0.39 is 0 Å². The van der Waals surface area contributed by atoms with Crippen LogP contribution in [0.5, 0.6) is 0 Å². The molecular weight excluding hydrogens is 296 g/mol. The molecule has 0 fully saturated rings. The summed E-state index contributed by atoms with van der Waals surface area (Å²) in [5.41, 5.74) is 5.48. The minimum absolute atomic E-state index is 0.174. The van der Waals surface area contributed by atoms with Gasteiger partial charge in [-0.25, -0.2) is 0 Å². The Morgan fingerprint density at radius 1 is 1.41 bits per heavy atom. The number of nitrogens with two attached hydrogens (primary N) is 1. The fourth-order valence-electron chi connectivity index (χ4n) is 1.83. The number of hydrogen-bond donors (Lipinski definition) is 2. The van der Waals surface area contributed by atoms with Gasteiger partial charge in [0.05, 0.1) is 6.04 Å². The molecule has 17 heavy (non-hydrogen) atoms. The van der Waals surface area contributed by atoms with Crippen LogP contribution in [0.1, 0.15) is 22.0 Å². The Labute approximate surface area is 114 Å². The molecule has 0 aliphatic carbocycles. The normalized spacial score (nSPS) is 12.6. The average molecular weight is 311 g/mol. The second-order valence-electron chi connectivity index (χ2n) is 4.08. The van der Waals surface area contributed by atoms with Crippen LogP contribution in [-0.2, 0) is 6.42 Å². The number of thiophene rings is 1. The van der Waals surface area contributed by atoms with Crippen LogP contribution >= 0.6 is 27.3 Å². The molecule has 0 aliphatic rings. The van der Waals surface area contributed by atoms with Crippen molar-refractivity contribution in [2.24, 2.45) is 5.84 Å². The Hall–Kier alpha value is -0.680. The molecule has 0 bridgehead atoms. The van der Waals surface area contributed by atoms with Gasteiger partial charge in [0, 0.05) is 14.7 Å². The topological polar surface area (TPSA) is 38.0 Å². The third-order valence-electron chi connectivity index (χ3n) is 2.65. The van der Waals surface area contributed by atoms with Gasteiger partial charge in [-0.15, -0.1) is 11.3 Å². The second kappa shape index (κ2) is 5.78. The largest absolute Gasteiger partial charge is 0.271 e. The predicted molar refractivity (Wildman–Crippen MR) is 77.0 cm³/mol.